The normalized spacial score (nSPS) is 10.7. The summed E-state index contributed by atoms with van der Waals surface area (Å²) in [6.07, 6.45) is 1.54. The maximum absolute atomic E-state index is 13.5. The van der Waals surface area contributed by atoms with Crippen molar-refractivity contribution in [1.82, 2.24) is 10.2 Å². The highest BCUT2D eigenvalue weighted by Crippen LogP contribution is 2.27. The number of nitrogens with one attached hydrogen (secondary N) is 2. The Morgan fingerprint density at radius 3 is 3.00 bits per heavy atom. The van der Waals surface area contributed by atoms with Crippen LogP contribution in [0.2, 0.25) is 0 Å². The third-order valence-electron chi connectivity index (χ3n) is 2.48. The van der Waals surface area contributed by atoms with Gasteiger partial charge in [0.2, 0.25) is 0 Å². The summed E-state index contributed by atoms with van der Waals surface area (Å²) in [5, 5.41) is 9.48. The maximum Gasteiger partial charge on any atom is 0.266 e. The first-order chi connectivity index (χ1) is 8.74. The summed E-state index contributed by atoms with van der Waals surface area (Å²) in [4.78, 5) is 12.4. The van der Waals surface area contributed by atoms with Gasteiger partial charge in [0, 0.05) is 16.2 Å². The number of aromatic amines is 1. The molecule has 0 spiro atoms. The predicted octanol–water partition coefficient (Wildman–Crippen LogP) is 3.02. The fourth-order valence-corrected chi connectivity index (χ4v) is 2.62. The largest absolute Gasteiger partial charge is 0.306 e. The maximum atomic E-state index is 13.5. The molecule has 0 saturated carbocycles. The second kappa shape index (κ2) is 4.23. The lowest BCUT2D eigenvalue weighted by atomic mass is 10.2. The van der Waals surface area contributed by atoms with Crippen LogP contribution in [0.25, 0.3) is 10.1 Å². The Bertz CT molecular complexity index is 705. The lowest BCUT2D eigenvalue weighted by molar-refractivity contribution is 0.103. The van der Waals surface area contributed by atoms with Crippen LogP contribution in [0, 0.1) is 5.82 Å². The van der Waals surface area contributed by atoms with Crippen LogP contribution in [-0.2, 0) is 0 Å². The highest BCUT2D eigenvalue weighted by Gasteiger charge is 2.12. The van der Waals surface area contributed by atoms with E-state index < -0.39 is 0 Å². The average molecular weight is 261 g/mol. The minimum absolute atomic E-state index is 0.278. The van der Waals surface area contributed by atoms with Gasteiger partial charge in [0.1, 0.15) is 11.6 Å². The molecule has 0 aliphatic heterocycles. The molecule has 0 bridgehead atoms. The molecule has 6 heteroatoms. The molecule has 18 heavy (non-hydrogen) atoms. The number of anilines is 1. The zero-order valence-electron chi connectivity index (χ0n) is 9.11. The fraction of sp³-hybridized carbons (Fsp3) is 0. The molecule has 2 aromatic heterocycles. The smallest absolute Gasteiger partial charge is 0.266 e. The number of thiophene rings is 1. The summed E-state index contributed by atoms with van der Waals surface area (Å²) in [6.45, 7) is 0. The van der Waals surface area contributed by atoms with Crippen molar-refractivity contribution in [3.8, 4) is 0 Å². The van der Waals surface area contributed by atoms with Crippen LogP contribution in [0.3, 0.4) is 0 Å². The van der Waals surface area contributed by atoms with Crippen molar-refractivity contribution in [2.45, 2.75) is 0 Å². The number of nitrogens with zero attached hydrogens (tertiary/aromatic N) is 1. The molecule has 3 rings (SSSR count). The van der Waals surface area contributed by atoms with E-state index in [1.165, 1.54) is 17.4 Å². The molecule has 0 fully saturated rings. The Hall–Kier alpha value is -2.21. The number of hydrogen-bond acceptors (Lipinski definition) is 3. The van der Waals surface area contributed by atoms with Crippen LogP contribution in [-0.4, -0.2) is 16.1 Å². The molecule has 1 amide bonds. The molecule has 0 radical (unpaired) electrons. The number of hydrogen-bond donors (Lipinski definition) is 2. The van der Waals surface area contributed by atoms with Gasteiger partial charge in [-0.05, 0) is 18.2 Å². The van der Waals surface area contributed by atoms with Gasteiger partial charge in [-0.2, -0.15) is 5.10 Å². The molecular weight excluding hydrogens is 253 g/mol. The molecule has 0 aliphatic rings. The van der Waals surface area contributed by atoms with Crippen LogP contribution >= 0.6 is 11.3 Å². The van der Waals surface area contributed by atoms with Gasteiger partial charge >= 0.3 is 0 Å². The van der Waals surface area contributed by atoms with Crippen LogP contribution in [0.15, 0.2) is 36.5 Å². The molecule has 0 saturated heterocycles. The molecule has 3 aromatic rings. The van der Waals surface area contributed by atoms with E-state index in [-0.39, 0.29) is 11.7 Å². The number of benzene rings is 1. The highest BCUT2D eigenvalue weighted by atomic mass is 32.1. The van der Waals surface area contributed by atoms with Crippen LogP contribution in [0.5, 0.6) is 0 Å². The topological polar surface area (TPSA) is 57.8 Å². The summed E-state index contributed by atoms with van der Waals surface area (Å²) in [5.41, 5.74) is 0. The second-order valence-electron chi connectivity index (χ2n) is 3.69. The van der Waals surface area contributed by atoms with Crippen molar-refractivity contribution < 1.29 is 9.18 Å². The Balaban J connectivity index is 1.94. The van der Waals surface area contributed by atoms with E-state index in [9.17, 15) is 9.18 Å². The second-order valence-corrected chi connectivity index (χ2v) is 4.77. The van der Waals surface area contributed by atoms with Gasteiger partial charge in [-0.25, -0.2) is 4.39 Å². The SMILES string of the molecule is O=C(Nc1ccn[nH]1)c1cc2c(F)cccc2s1. The molecule has 2 heterocycles. The Morgan fingerprint density at radius 1 is 1.39 bits per heavy atom. The lowest BCUT2D eigenvalue weighted by Gasteiger charge is -1.97. The van der Waals surface area contributed by atoms with Crippen molar-refractivity contribution in [2.75, 3.05) is 5.32 Å². The summed E-state index contributed by atoms with van der Waals surface area (Å²) >= 11 is 1.26. The Labute approximate surface area is 105 Å². The van der Waals surface area contributed by atoms with Gasteiger partial charge in [0.25, 0.3) is 5.91 Å². The molecule has 0 unspecified atom stereocenters. The lowest BCUT2D eigenvalue weighted by Crippen LogP contribution is -2.10. The average Bonchev–Trinajstić information content (AvgIpc) is 2.97. The molecule has 90 valence electrons. The first-order valence-corrected chi connectivity index (χ1v) is 6.04. The minimum Gasteiger partial charge on any atom is -0.306 e. The third kappa shape index (κ3) is 1.86. The molecule has 2 N–H and O–H groups in total. The van der Waals surface area contributed by atoms with Crippen molar-refractivity contribution in [1.29, 1.82) is 0 Å². The molecular formula is C12H8FN3OS. The van der Waals surface area contributed by atoms with Crippen molar-refractivity contribution in [2.24, 2.45) is 0 Å². The third-order valence-corrected chi connectivity index (χ3v) is 3.58. The van der Waals surface area contributed by atoms with Crippen LogP contribution in [0.4, 0.5) is 10.2 Å². The van der Waals surface area contributed by atoms with Crippen molar-refractivity contribution in [3.05, 3.63) is 47.2 Å². The summed E-state index contributed by atoms with van der Waals surface area (Å²) < 4.78 is 14.3. The number of carbonyl (C=O) groups is 1. The van der Waals surface area contributed by atoms with Gasteiger partial charge in [-0.15, -0.1) is 11.3 Å². The number of carbonyl (C=O) groups excluding carboxylic acids is 1. The highest BCUT2D eigenvalue weighted by molar-refractivity contribution is 7.20. The van der Waals surface area contributed by atoms with E-state index in [0.717, 1.165) is 4.70 Å². The first-order valence-electron chi connectivity index (χ1n) is 5.23. The van der Waals surface area contributed by atoms with E-state index in [0.29, 0.717) is 16.1 Å². The Morgan fingerprint density at radius 2 is 2.28 bits per heavy atom. The summed E-state index contributed by atoms with van der Waals surface area (Å²) in [6, 6.07) is 8.00. The summed E-state index contributed by atoms with van der Waals surface area (Å²) in [7, 11) is 0. The standard InChI is InChI=1S/C12H8FN3OS/c13-8-2-1-3-9-7(8)6-10(18-9)12(17)15-11-4-5-14-16-11/h1-6H,(H2,14,15,16,17). The summed E-state index contributed by atoms with van der Waals surface area (Å²) in [5.74, 6) is -0.0814. The molecule has 4 nitrogen and oxygen atoms in total. The molecule has 0 aliphatic carbocycles. The quantitative estimate of drug-likeness (QED) is 0.745. The molecule has 1 aromatic carbocycles. The van der Waals surface area contributed by atoms with Crippen LogP contribution < -0.4 is 5.32 Å². The van der Waals surface area contributed by atoms with E-state index in [1.54, 1.807) is 30.5 Å². The number of rotatable bonds is 2. The number of aromatic nitrogens is 2. The minimum atomic E-state index is -0.315. The number of H-pyrrole nitrogens is 1. The number of halogens is 1. The van der Waals surface area contributed by atoms with E-state index >= 15 is 0 Å². The van der Waals surface area contributed by atoms with Crippen LogP contribution in [0.1, 0.15) is 9.67 Å². The van der Waals surface area contributed by atoms with Gasteiger partial charge in [0.15, 0.2) is 0 Å². The van der Waals surface area contributed by atoms with Crippen molar-refractivity contribution >= 4 is 33.1 Å². The zero-order valence-corrected chi connectivity index (χ0v) is 9.92. The zero-order chi connectivity index (χ0) is 12.5. The first kappa shape index (κ1) is 10.9. The fourth-order valence-electron chi connectivity index (χ4n) is 1.65. The Kier molecular flexibility index (Phi) is 2.56. The van der Waals surface area contributed by atoms with Crippen molar-refractivity contribution in [3.63, 3.8) is 0 Å². The van der Waals surface area contributed by atoms with E-state index in [2.05, 4.69) is 15.5 Å². The number of amides is 1. The number of fused-ring (bicyclic) bond motifs is 1. The predicted molar refractivity (Wildman–Crippen MR) is 68.3 cm³/mol. The monoisotopic (exact) mass is 261 g/mol. The molecule has 0 atom stereocenters. The van der Waals surface area contributed by atoms with Gasteiger partial charge in [-0.1, -0.05) is 6.07 Å². The van der Waals surface area contributed by atoms with E-state index in [4.69, 9.17) is 0 Å². The van der Waals surface area contributed by atoms with Gasteiger partial charge in [0.05, 0.1) is 11.1 Å². The van der Waals surface area contributed by atoms with Gasteiger partial charge in [-0.3, -0.25) is 9.89 Å². The van der Waals surface area contributed by atoms with E-state index in [1.807, 2.05) is 0 Å². The van der Waals surface area contributed by atoms with Gasteiger partial charge < -0.3 is 5.32 Å².